The van der Waals surface area contributed by atoms with Crippen molar-refractivity contribution in [1.82, 2.24) is 36.2 Å². The highest BCUT2D eigenvalue weighted by molar-refractivity contribution is 5.97. The van der Waals surface area contributed by atoms with Crippen LogP contribution in [-0.2, 0) is 4.79 Å². The van der Waals surface area contributed by atoms with Crippen molar-refractivity contribution in [2.75, 3.05) is 19.6 Å². The molecule has 2 fully saturated rings. The number of hydrogen-bond acceptors (Lipinski definition) is 7. The predicted molar refractivity (Wildman–Crippen MR) is 140 cm³/mol. The fourth-order valence-electron chi connectivity index (χ4n) is 5.22. The molecule has 0 bridgehead atoms. The number of piperidine rings is 1. The quantitative estimate of drug-likeness (QED) is 0.342. The largest absolute Gasteiger partial charge is 0.341 e. The van der Waals surface area contributed by atoms with Gasteiger partial charge in [-0.1, -0.05) is 12.1 Å². The maximum Gasteiger partial charge on any atom is 0.251 e. The van der Waals surface area contributed by atoms with Gasteiger partial charge in [0.2, 0.25) is 5.91 Å². The Morgan fingerprint density at radius 3 is 2.54 bits per heavy atom. The van der Waals surface area contributed by atoms with Gasteiger partial charge in [-0.25, -0.2) is 9.49 Å². The molecule has 3 N–H and O–H groups in total. The first kappa shape index (κ1) is 26.4. The minimum absolute atomic E-state index is 0.0956. The first-order valence-electron chi connectivity index (χ1n) is 13.3. The first-order valence-corrected chi connectivity index (χ1v) is 13.3. The highest BCUT2D eigenvalue weighted by Gasteiger charge is 2.38. The molecule has 1 aliphatic carbocycles. The smallest absolute Gasteiger partial charge is 0.251 e. The molecule has 3 aromatic rings. The summed E-state index contributed by atoms with van der Waals surface area (Å²) in [4.78, 5) is 28.3. The van der Waals surface area contributed by atoms with E-state index < -0.39 is 6.04 Å². The minimum atomic E-state index is -0.662. The molecule has 2 aromatic carbocycles. The van der Waals surface area contributed by atoms with Crippen LogP contribution in [0.3, 0.4) is 0 Å². The molecule has 2 amide bonds. The van der Waals surface area contributed by atoms with Crippen LogP contribution in [0.4, 0.5) is 4.39 Å². The summed E-state index contributed by atoms with van der Waals surface area (Å²) in [5.41, 5.74) is 2.00. The Hall–Kier alpha value is -4.17. The van der Waals surface area contributed by atoms with Crippen LogP contribution in [0, 0.1) is 17.1 Å². The zero-order valence-electron chi connectivity index (χ0n) is 21.5. The van der Waals surface area contributed by atoms with E-state index in [4.69, 9.17) is 5.26 Å². The van der Waals surface area contributed by atoms with Gasteiger partial charge in [0.15, 0.2) is 5.82 Å². The van der Waals surface area contributed by atoms with Gasteiger partial charge in [-0.05, 0) is 91.0 Å². The average molecular weight is 531 g/mol. The molecule has 10 nitrogen and oxygen atoms in total. The molecule has 11 heteroatoms. The number of nitriles is 1. The number of likely N-dealkylation sites (tertiary alicyclic amines) is 1. The van der Waals surface area contributed by atoms with Crippen molar-refractivity contribution >= 4 is 11.8 Å². The molecule has 202 valence electrons. The molecular weight excluding hydrogens is 499 g/mol. The lowest BCUT2D eigenvalue weighted by Gasteiger charge is -2.33. The van der Waals surface area contributed by atoms with Crippen molar-refractivity contribution in [2.24, 2.45) is 0 Å². The normalized spacial score (nSPS) is 19.7. The van der Waals surface area contributed by atoms with E-state index in [-0.39, 0.29) is 23.5 Å². The van der Waals surface area contributed by atoms with Crippen LogP contribution in [0.25, 0.3) is 0 Å². The van der Waals surface area contributed by atoms with Crippen molar-refractivity contribution in [2.45, 2.75) is 56.0 Å². The zero-order chi connectivity index (χ0) is 27.2. The second-order valence-corrected chi connectivity index (χ2v) is 10.2. The van der Waals surface area contributed by atoms with E-state index in [0.717, 1.165) is 30.7 Å². The number of hydrogen-bond donors (Lipinski definition) is 3. The van der Waals surface area contributed by atoms with Gasteiger partial charge in [0.25, 0.3) is 5.91 Å². The summed E-state index contributed by atoms with van der Waals surface area (Å²) < 4.78 is 13.2. The van der Waals surface area contributed by atoms with Crippen molar-refractivity contribution < 1.29 is 14.0 Å². The number of amides is 2. The summed E-state index contributed by atoms with van der Waals surface area (Å²) in [7, 11) is 0. The Balaban J connectivity index is 1.16. The van der Waals surface area contributed by atoms with E-state index in [1.165, 1.54) is 12.1 Å². The topological polar surface area (TPSA) is 140 Å². The van der Waals surface area contributed by atoms with Crippen LogP contribution in [0.2, 0.25) is 0 Å². The summed E-state index contributed by atoms with van der Waals surface area (Å²) in [6.07, 6.45) is 3.68. The van der Waals surface area contributed by atoms with Gasteiger partial charge >= 0.3 is 0 Å². The van der Waals surface area contributed by atoms with Crippen molar-refractivity contribution in [3.05, 3.63) is 76.9 Å². The Labute approximate surface area is 226 Å². The third-order valence-corrected chi connectivity index (χ3v) is 7.60. The lowest BCUT2D eigenvalue weighted by Crippen LogP contribution is -2.50. The minimum Gasteiger partial charge on any atom is -0.341 e. The van der Waals surface area contributed by atoms with Crippen LogP contribution in [0.1, 0.15) is 71.2 Å². The number of nitrogens with zero attached hydrogens (tertiary/aromatic N) is 5. The first-order chi connectivity index (χ1) is 19.0. The third kappa shape index (κ3) is 6.64. The van der Waals surface area contributed by atoms with Gasteiger partial charge in [-0.3, -0.25) is 9.59 Å². The third-order valence-electron chi connectivity index (χ3n) is 7.60. The van der Waals surface area contributed by atoms with E-state index >= 15 is 0 Å². The number of H-pyrrole nitrogens is 1. The second-order valence-electron chi connectivity index (χ2n) is 10.2. The molecule has 1 saturated carbocycles. The molecule has 3 atom stereocenters. The Kier molecular flexibility index (Phi) is 8.22. The highest BCUT2D eigenvalue weighted by Crippen LogP contribution is 2.40. The molecule has 1 saturated heterocycles. The van der Waals surface area contributed by atoms with Crippen LogP contribution < -0.4 is 10.6 Å². The Morgan fingerprint density at radius 1 is 1.13 bits per heavy atom. The lowest BCUT2D eigenvalue weighted by molar-refractivity contribution is -0.134. The van der Waals surface area contributed by atoms with Crippen LogP contribution >= 0.6 is 0 Å². The molecule has 39 heavy (non-hydrogen) atoms. The number of tetrazole rings is 1. The summed E-state index contributed by atoms with van der Waals surface area (Å²) in [6, 6.07) is 14.7. The Bertz CT molecular complexity index is 1300. The van der Waals surface area contributed by atoms with Crippen LogP contribution in [0.15, 0.2) is 48.5 Å². The van der Waals surface area contributed by atoms with Crippen LogP contribution in [0.5, 0.6) is 0 Å². The zero-order valence-corrected chi connectivity index (χ0v) is 21.5. The van der Waals surface area contributed by atoms with E-state index in [1.54, 1.807) is 24.3 Å². The molecule has 0 spiro atoms. The molecule has 1 aromatic heterocycles. The number of halogens is 1. The Morgan fingerprint density at radius 2 is 1.87 bits per heavy atom. The van der Waals surface area contributed by atoms with Gasteiger partial charge in [-0.2, -0.15) is 5.26 Å². The molecule has 5 rings (SSSR count). The van der Waals surface area contributed by atoms with Gasteiger partial charge in [0.1, 0.15) is 11.9 Å². The summed E-state index contributed by atoms with van der Waals surface area (Å²) in [5.74, 6) is 0.612. The fraction of sp³-hybridized carbons (Fsp3) is 0.429. The lowest BCUT2D eigenvalue weighted by atomic mass is 9.95. The molecule has 2 heterocycles. The van der Waals surface area contributed by atoms with E-state index in [9.17, 15) is 14.0 Å². The number of benzene rings is 2. The van der Waals surface area contributed by atoms with Gasteiger partial charge in [0, 0.05) is 36.5 Å². The predicted octanol–water partition coefficient (Wildman–Crippen LogP) is 2.64. The average Bonchev–Trinajstić information content (AvgIpc) is 3.53. The number of rotatable bonds is 10. The fourth-order valence-corrected chi connectivity index (χ4v) is 5.22. The summed E-state index contributed by atoms with van der Waals surface area (Å²) in [6.45, 7) is 1.83. The van der Waals surface area contributed by atoms with Crippen molar-refractivity contribution in [1.29, 1.82) is 5.26 Å². The standard InChI is InChI=1S/C28H31FN8O2/c29-22-9-7-19(8-10-22)23-16-25(23)31-13-1-2-24(32-27(38)21-5-3-18(17-30)4-6-21)28(39)37-14-11-20(12-15-37)26-33-35-36-34-26/h3-10,20,23-25,31H,1-2,11-16H2,(H,32,38)(H,33,34,35,36)/t23-,24-,25+/m0/s1. The molecule has 1 aliphatic heterocycles. The van der Waals surface area contributed by atoms with E-state index in [2.05, 4.69) is 31.3 Å². The number of carbonyl (C=O) groups is 2. The van der Waals surface area contributed by atoms with Crippen molar-refractivity contribution in [3.8, 4) is 6.07 Å². The number of nitrogens with one attached hydrogen (secondary N) is 3. The van der Waals surface area contributed by atoms with Crippen molar-refractivity contribution in [3.63, 3.8) is 0 Å². The summed E-state index contributed by atoms with van der Waals surface area (Å²) >= 11 is 0. The van der Waals surface area contributed by atoms with Gasteiger partial charge in [0.05, 0.1) is 11.6 Å². The number of aromatic nitrogens is 4. The molecular formula is C28H31FN8O2. The molecule has 0 radical (unpaired) electrons. The maximum absolute atomic E-state index is 13.5. The summed E-state index contributed by atoms with van der Waals surface area (Å²) in [5, 5.41) is 29.6. The van der Waals surface area contributed by atoms with Crippen LogP contribution in [-0.4, -0.2) is 69.1 Å². The number of carbonyl (C=O) groups excluding carboxylic acids is 2. The van der Waals surface area contributed by atoms with Gasteiger partial charge < -0.3 is 15.5 Å². The SMILES string of the molecule is N#Cc1ccc(C(=O)N[C@@H](CCCN[C@@H]2C[C@H]2c2ccc(F)cc2)C(=O)N2CCC(c3nnn[nH]3)CC2)cc1. The van der Waals surface area contributed by atoms with Gasteiger partial charge in [-0.15, -0.1) is 5.10 Å². The molecule has 0 unspecified atom stereocenters. The maximum atomic E-state index is 13.5. The second kappa shape index (κ2) is 12.1. The van der Waals surface area contributed by atoms with E-state index in [1.807, 2.05) is 23.1 Å². The molecule has 2 aliphatic rings. The number of aromatic amines is 1. The monoisotopic (exact) mass is 530 g/mol. The highest BCUT2D eigenvalue weighted by atomic mass is 19.1. The van der Waals surface area contributed by atoms with E-state index in [0.29, 0.717) is 55.6 Å².